The highest BCUT2D eigenvalue weighted by Gasteiger charge is 2.53. The van der Waals surface area contributed by atoms with Gasteiger partial charge in [0.15, 0.2) is 29.3 Å². The molecular weight excluding hydrogens is 1860 g/mol. The molecule has 10 heterocycles. The molecule has 7 aromatic carbocycles. The molecule has 45 heteroatoms. The van der Waals surface area contributed by atoms with Crippen LogP contribution in [0.5, 0.6) is 69.0 Å². The molecule has 0 aliphatic carbocycles. The summed E-state index contributed by atoms with van der Waals surface area (Å²) < 4.78 is 58.3. The number of thioether (sulfide) groups is 1. The number of ether oxygens (including phenoxy) is 9. The van der Waals surface area contributed by atoms with Gasteiger partial charge in [0, 0.05) is 67.6 Å². The fraction of sp³-hybridized carbons (Fsp3) is 0.446. The van der Waals surface area contributed by atoms with Crippen LogP contribution in [0.2, 0.25) is 10.0 Å². The molecule has 7 aromatic rings. The van der Waals surface area contributed by atoms with Crippen molar-refractivity contribution in [2.45, 2.75) is 206 Å². The van der Waals surface area contributed by atoms with E-state index in [4.69, 9.17) is 71.6 Å². The summed E-state index contributed by atoms with van der Waals surface area (Å²) in [6, 6.07) is 2.27. The third-order valence-corrected chi connectivity index (χ3v) is 26.2. The number of carbonyl (C=O) groups excluding carboxylic acids is 9. The average Bonchev–Trinajstić information content (AvgIpc) is 0.752. The molecule has 4 saturated heterocycles. The van der Waals surface area contributed by atoms with Crippen LogP contribution in [0.3, 0.4) is 0 Å². The maximum atomic E-state index is 17.2. The second-order valence-corrected chi connectivity index (χ2v) is 36.8. The molecule has 734 valence electrons. The number of phenols is 4. The van der Waals surface area contributed by atoms with Crippen LogP contribution in [-0.2, 0) is 68.5 Å². The van der Waals surface area contributed by atoms with Crippen molar-refractivity contribution in [3.63, 3.8) is 0 Å². The highest BCUT2D eigenvalue weighted by atomic mass is 35.5. The largest absolute Gasteiger partial charge is 0.508 e. The van der Waals surface area contributed by atoms with E-state index in [9.17, 15) is 85.9 Å². The third kappa shape index (κ3) is 21.9. The summed E-state index contributed by atoms with van der Waals surface area (Å²) in [5.74, 6) is -16.6. The summed E-state index contributed by atoms with van der Waals surface area (Å²) in [5, 5.41) is 182. The van der Waals surface area contributed by atoms with Crippen LogP contribution in [0, 0.1) is 5.92 Å². The number of aliphatic hydroxyl groups is 10. The Morgan fingerprint density at radius 2 is 1.08 bits per heavy atom. The Balaban J connectivity index is 0.998. The van der Waals surface area contributed by atoms with Gasteiger partial charge in [0.1, 0.15) is 162 Å². The van der Waals surface area contributed by atoms with Crippen LogP contribution >= 0.6 is 35.0 Å². The minimum absolute atomic E-state index is 0.0141. The van der Waals surface area contributed by atoms with Crippen LogP contribution in [0.25, 0.3) is 11.1 Å². The van der Waals surface area contributed by atoms with Gasteiger partial charge in [0.2, 0.25) is 71.5 Å². The number of aromatic hydroxyl groups is 4. The smallest absolute Gasteiger partial charge is 0.249 e. The molecule has 0 spiro atoms. The fourth-order valence-electron chi connectivity index (χ4n) is 17.4. The molecule has 137 heavy (non-hydrogen) atoms. The molecule has 23 atom stereocenters. The molecular formula is C92H104Cl2N10O32S. The number of unbranched alkanes of at least 4 members (excludes halogenated alkanes) is 3. The van der Waals surface area contributed by atoms with Crippen molar-refractivity contribution >= 4 is 88.1 Å². The fourth-order valence-corrected chi connectivity index (χ4v) is 18.8. The predicted octanol–water partition coefficient (Wildman–Crippen LogP) is 1.51. The zero-order chi connectivity index (χ0) is 98.0. The number of hydrogen-bond acceptors (Lipinski definition) is 34. The molecule has 0 aromatic heterocycles. The molecule has 4 fully saturated rings. The Labute approximate surface area is 795 Å². The number of amides is 9. The molecule has 24 N–H and O–H groups in total. The Morgan fingerprint density at radius 1 is 0.518 bits per heavy atom. The van der Waals surface area contributed by atoms with Crippen LogP contribution in [-0.4, -0.2) is 278 Å². The zero-order valence-corrected chi connectivity index (χ0v) is 75.9. The second kappa shape index (κ2) is 42.7. The van der Waals surface area contributed by atoms with E-state index in [0.29, 0.717) is 30.3 Å². The molecule has 9 amide bonds. The van der Waals surface area contributed by atoms with Crippen molar-refractivity contribution in [2.75, 3.05) is 44.4 Å². The van der Waals surface area contributed by atoms with Gasteiger partial charge in [-0.25, -0.2) is 0 Å². The maximum absolute atomic E-state index is 17.2. The van der Waals surface area contributed by atoms with Gasteiger partial charge < -0.3 is 167 Å². The average molecular weight is 1960 g/mol. The number of nitrogens with zero attached hydrogens (tertiary/aromatic N) is 1. The number of halogens is 2. The molecule has 17 bridgehead atoms. The number of hydrogen-bond donors (Lipinski definition) is 23. The summed E-state index contributed by atoms with van der Waals surface area (Å²) in [7, 11) is 0. The number of carbonyl (C=O) groups is 9. The Morgan fingerprint density at radius 3 is 1.72 bits per heavy atom. The van der Waals surface area contributed by atoms with Crippen molar-refractivity contribution in [3.05, 3.63) is 164 Å². The third-order valence-electron chi connectivity index (χ3n) is 24.7. The van der Waals surface area contributed by atoms with Crippen molar-refractivity contribution in [1.82, 2.24) is 47.4 Å². The molecule has 17 rings (SSSR count). The van der Waals surface area contributed by atoms with E-state index < -0.39 is 304 Å². The van der Waals surface area contributed by atoms with E-state index >= 15 is 28.8 Å². The van der Waals surface area contributed by atoms with Gasteiger partial charge in [-0.3, -0.25) is 43.2 Å². The van der Waals surface area contributed by atoms with Gasteiger partial charge in [-0.1, -0.05) is 87.0 Å². The van der Waals surface area contributed by atoms with Gasteiger partial charge >= 0.3 is 0 Å². The lowest BCUT2D eigenvalue weighted by molar-refractivity contribution is -0.284. The number of aliphatic hydroxyl groups excluding tert-OH is 10. The lowest BCUT2D eigenvalue weighted by atomic mass is 9.89. The van der Waals surface area contributed by atoms with Crippen LogP contribution in [0.15, 0.2) is 115 Å². The lowest BCUT2D eigenvalue weighted by Gasteiger charge is -2.44. The Hall–Kier alpha value is -11.7. The van der Waals surface area contributed by atoms with Crippen molar-refractivity contribution in [2.24, 2.45) is 11.7 Å². The first-order valence-corrected chi connectivity index (χ1v) is 46.1. The standard InChI is InChI=1S/C92H104Cl2N10O32S/c1-37(2)8-6-4-5-7-9-64(113)98-72-78(118)75(115)62(35-106)133-91(72)136-82-59-29-44-30-60(82)130-56-17-13-42(27-51(56)94)81(135-90-71(96-38(3)108)77(117)74(114)61(34-105)132-90)73-88(126)102-70(89(127)104-18-20-137-21-19-104)49-32-46(110)33-58(131-92-80(120)79(119)76(116)63(36-107)134-92)65(49)48-26-41(12-14-53(48)111)67(85(123)103-73)100-87(125)69(44)101-86(124)68-43-24-45(109)31-47(25-43)128-57-28-40(11-15-54(57)112)66(95)84(122)97-52(83(121)99-68)23-39-10-16-55(129-59)50(93)22-39/h10-17,22,24-33,37,52,61-63,66-81,90-92,105-107,109-112,114-120H,4-9,18-21,23,34-36,95H2,1-3H3,(H,96,108)(H,97,122)(H,98,113)(H,99,121)(H,100,125)(H,101,124)(H,102,126)(H,103,123)/t52-,61+,62+,63-,66-,67-,68+,69-,70+,71+,72+,73+,74-,75-,76-,77-,78-,79-,80+,81-,90+,91+,92+/m1/s1. The van der Waals surface area contributed by atoms with Crippen LogP contribution in [0.4, 0.5) is 0 Å². The highest BCUT2D eigenvalue weighted by Crippen LogP contribution is 2.51. The van der Waals surface area contributed by atoms with Gasteiger partial charge in [-0.2, -0.15) is 11.8 Å². The molecule has 0 unspecified atom stereocenters. The van der Waals surface area contributed by atoms with Gasteiger partial charge in [0.05, 0.1) is 29.9 Å². The van der Waals surface area contributed by atoms with Gasteiger partial charge in [-0.15, -0.1) is 0 Å². The van der Waals surface area contributed by atoms with E-state index in [-0.39, 0.29) is 64.0 Å². The van der Waals surface area contributed by atoms with E-state index in [1.165, 1.54) is 53.1 Å². The van der Waals surface area contributed by atoms with Crippen molar-refractivity contribution in [3.8, 4) is 80.1 Å². The van der Waals surface area contributed by atoms with E-state index in [2.05, 4.69) is 56.4 Å². The molecule has 0 saturated carbocycles. The monoisotopic (exact) mass is 1960 g/mol. The lowest BCUT2D eigenvalue weighted by Crippen LogP contribution is -2.65. The summed E-state index contributed by atoms with van der Waals surface area (Å²) in [6.07, 6.45) is -25.4. The summed E-state index contributed by atoms with van der Waals surface area (Å²) in [5.41, 5.74) is 3.58. The van der Waals surface area contributed by atoms with Crippen molar-refractivity contribution < 1.29 is 157 Å². The number of benzene rings is 7. The summed E-state index contributed by atoms with van der Waals surface area (Å²) in [6.45, 7) is 2.06. The summed E-state index contributed by atoms with van der Waals surface area (Å²) >= 11 is 16.3. The minimum Gasteiger partial charge on any atom is -0.508 e. The number of rotatable bonds is 19. The number of fused-ring (bicyclic) bond motifs is 14. The maximum Gasteiger partial charge on any atom is 0.249 e. The van der Waals surface area contributed by atoms with Crippen LogP contribution in [0.1, 0.15) is 135 Å². The molecule has 10 aliphatic rings. The highest BCUT2D eigenvalue weighted by molar-refractivity contribution is 7.99. The van der Waals surface area contributed by atoms with E-state index in [1.54, 1.807) is 0 Å². The first-order chi connectivity index (χ1) is 65.4. The number of phenolic OH excluding ortho intramolecular Hbond substituents is 4. The number of nitrogens with one attached hydrogen (secondary N) is 8. The van der Waals surface area contributed by atoms with Crippen molar-refractivity contribution in [1.29, 1.82) is 0 Å². The Kier molecular flexibility index (Phi) is 31.1. The molecule has 0 radical (unpaired) electrons. The second-order valence-electron chi connectivity index (χ2n) is 34.8. The van der Waals surface area contributed by atoms with E-state index in [0.717, 1.165) is 105 Å². The first-order valence-electron chi connectivity index (χ1n) is 44.2. The zero-order valence-electron chi connectivity index (χ0n) is 73.5. The minimum atomic E-state index is -2.50. The predicted molar refractivity (Wildman–Crippen MR) is 479 cm³/mol. The van der Waals surface area contributed by atoms with Crippen LogP contribution < -0.4 is 72.0 Å². The summed E-state index contributed by atoms with van der Waals surface area (Å²) in [4.78, 5) is 143. The van der Waals surface area contributed by atoms with Gasteiger partial charge in [-0.05, 0) is 130 Å². The Bertz CT molecular complexity index is 5730. The normalized spacial score (nSPS) is 29.0. The number of nitrogens with two attached hydrogens (primary N) is 1. The van der Waals surface area contributed by atoms with Gasteiger partial charge in [0.25, 0.3) is 0 Å². The molecule has 10 aliphatic heterocycles. The SMILES string of the molecule is CC(=O)N[C@@H]1[C@H](O[C@@H]2c3ccc(c(Cl)c3)Oc3cc4cc(c3O[C@@H]3O[C@@H](CO)[C@@H](O)[C@H](O)[C@@H]3NC(=O)CCCCCCC(C)C)Oc3ccc(cc3Cl)C[C@H]3NC(=O)[C@H](N)c5ccc(O)c(c5)Oc5cc(O)cc(c5)[C@H](NC3=O)C(=O)N[C@H]4C(=O)N[C@H]3C(=O)N[C@@H]2C(=O)N[C@H](C(=O)N2CCSCC2)c2cc(O)cc(O[C@H]4O[C@H](CO)[C@@H](O)[C@@H](O)[C@@H]4O)c2-c2cc3ccc2O)O[C@@H](CO)[C@@H](O)[C@@H]1O. The topological polar surface area (TPSA) is 645 Å². The first kappa shape index (κ1) is 99.8. The molecule has 42 nitrogen and oxygen atoms in total. The quantitative estimate of drug-likeness (QED) is 0.0510. The van der Waals surface area contributed by atoms with E-state index in [1.807, 2.05) is 0 Å².